The molecule has 1 saturated heterocycles. The van der Waals surface area contributed by atoms with Crippen LogP contribution in [0, 0.1) is 11.6 Å². The zero-order valence-electron chi connectivity index (χ0n) is 16.7. The summed E-state index contributed by atoms with van der Waals surface area (Å²) in [7, 11) is 0. The molecule has 0 unspecified atom stereocenters. The Kier molecular flexibility index (Phi) is 6.61. The lowest BCUT2D eigenvalue weighted by Gasteiger charge is -2.26. The molecule has 5 nitrogen and oxygen atoms in total. The fourth-order valence-corrected chi connectivity index (χ4v) is 3.41. The molecule has 1 N–H and O–H groups in total. The molecule has 2 aromatic carbocycles. The smallest absolute Gasteiger partial charge is 0.154 e. The number of nitrogens with zero attached hydrogens (tertiary/aromatic N) is 3. The quantitative estimate of drug-likeness (QED) is 0.592. The molecule has 156 valence electrons. The number of hydrogen-bond acceptors (Lipinski definition) is 5. The van der Waals surface area contributed by atoms with E-state index in [9.17, 15) is 8.78 Å². The number of aromatic nitrogens is 2. The Morgan fingerprint density at radius 2 is 1.73 bits per heavy atom. The highest BCUT2D eigenvalue weighted by atomic mass is 19.1. The van der Waals surface area contributed by atoms with Crippen LogP contribution in [0.5, 0.6) is 0 Å². The topological polar surface area (TPSA) is 50.3 Å². The van der Waals surface area contributed by atoms with Gasteiger partial charge < -0.3 is 10.1 Å². The van der Waals surface area contributed by atoms with Gasteiger partial charge in [0, 0.05) is 25.0 Å². The Bertz CT molecular complexity index is 1020. The maximum Gasteiger partial charge on any atom is 0.154 e. The van der Waals surface area contributed by atoms with Crippen molar-refractivity contribution in [1.29, 1.82) is 0 Å². The third-order valence-corrected chi connectivity index (χ3v) is 5.02. The van der Waals surface area contributed by atoms with Crippen LogP contribution in [-0.2, 0) is 4.74 Å². The number of hydrogen-bond donors (Lipinski definition) is 1. The molecule has 4 rings (SSSR count). The van der Waals surface area contributed by atoms with Gasteiger partial charge in [-0.25, -0.2) is 18.7 Å². The van der Waals surface area contributed by atoms with Gasteiger partial charge in [-0.05, 0) is 54.9 Å². The minimum atomic E-state index is -0.322. The Morgan fingerprint density at radius 1 is 0.967 bits per heavy atom. The zero-order valence-corrected chi connectivity index (χ0v) is 16.7. The number of nitrogens with one attached hydrogen (secondary N) is 1. The fourth-order valence-electron chi connectivity index (χ4n) is 3.41. The summed E-state index contributed by atoms with van der Waals surface area (Å²) in [6.45, 7) is 5.19. The van der Waals surface area contributed by atoms with Crippen molar-refractivity contribution in [3.63, 3.8) is 0 Å². The summed E-state index contributed by atoms with van der Waals surface area (Å²) in [5.41, 5.74) is 1.51. The van der Waals surface area contributed by atoms with E-state index in [0.717, 1.165) is 51.4 Å². The molecule has 0 aliphatic carbocycles. The van der Waals surface area contributed by atoms with Crippen LogP contribution in [0.4, 0.5) is 14.6 Å². The standard InChI is InChI=1S/C23H24F2N4O/c24-18-5-2-17(3-6-18)4-9-22-27-21-8-7-19(25)16-20(21)23(28-22)26-10-1-11-29-12-14-30-15-13-29/h2-9,16H,1,10-15H2,(H,26,27,28)/b9-4+. The Morgan fingerprint density at radius 3 is 2.53 bits per heavy atom. The van der Waals surface area contributed by atoms with Gasteiger partial charge >= 0.3 is 0 Å². The fraction of sp³-hybridized carbons (Fsp3) is 0.304. The lowest BCUT2D eigenvalue weighted by atomic mass is 10.2. The molecule has 2 heterocycles. The molecule has 0 radical (unpaired) electrons. The van der Waals surface area contributed by atoms with Gasteiger partial charge in [0.15, 0.2) is 5.82 Å². The van der Waals surface area contributed by atoms with Gasteiger partial charge in [0.2, 0.25) is 0 Å². The largest absolute Gasteiger partial charge is 0.379 e. The van der Waals surface area contributed by atoms with Crippen LogP contribution in [0.2, 0.25) is 0 Å². The van der Waals surface area contributed by atoms with E-state index in [4.69, 9.17) is 4.74 Å². The third-order valence-electron chi connectivity index (χ3n) is 5.02. The van der Waals surface area contributed by atoms with Crippen molar-refractivity contribution in [2.75, 3.05) is 44.7 Å². The van der Waals surface area contributed by atoms with Gasteiger partial charge in [0.25, 0.3) is 0 Å². The summed E-state index contributed by atoms with van der Waals surface area (Å²) >= 11 is 0. The van der Waals surface area contributed by atoms with Gasteiger partial charge in [-0.2, -0.15) is 0 Å². The third kappa shape index (κ3) is 5.37. The first-order valence-electron chi connectivity index (χ1n) is 10.1. The second kappa shape index (κ2) is 9.73. The predicted molar refractivity (Wildman–Crippen MR) is 115 cm³/mol. The molecular formula is C23H24F2N4O. The molecule has 1 aromatic heterocycles. The number of benzene rings is 2. The molecule has 0 saturated carbocycles. The molecule has 0 atom stereocenters. The van der Waals surface area contributed by atoms with Gasteiger partial charge in [0.1, 0.15) is 17.5 Å². The number of ether oxygens (including phenoxy) is 1. The van der Waals surface area contributed by atoms with Gasteiger partial charge in [-0.15, -0.1) is 0 Å². The monoisotopic (exact) mass is 410 g/mol. The molecular weight excluding hydrogens is 386 g/mol. The SMILES string of the molecule is Fc1ccc(/C=C/c2nc(NCCCN3CCOCC3)c3cc(F)ccc3n2)cc1. The minimum Gasteiger partial charge on any atom is -0.379 e. The van der Waals surface area contributed by atoms with Gasteiger partial charge in [-0.1, -0.05) is 18.2 Å². The number of fused-ring (bicyclic) bond motifs is 1. The first-order chi connectivity index (χ1) is 14.7. The van der Waals surface area contributed by atoms with E-state index in [1.54, 1.807) is 24.3 Å². The highest BCUT2D eigenvalue weighted by Gasteiger charge is 2.11. The van der Waals surface area contributed by atoms with E-state index < -0.39 is 0 Å². The Hall–Kier alpha value is -2.90. The zero-order chi connectivity index (χ0) is 20.8. The van der Waals surface area contributed by atoms with Crippen molar-refractivity contribution in [2.45, 2.75) is 6.42 Å². The number of anilines is 1. The molecule has 0 bridgehead atoms. The molecule has 0 spiro atoms. The molecule has 7 heteroatoms. The van der Waals surface area contributed by atoms with Crippen LogP contribution in [0.3, 0.4) is 0 Å². The summed E-state index contributed by atoms with van der Waals surface area (Å²) in [4.78, 5) is 11.5. The van der Waals surface area contributed by atoms with E-state index in [2.05, 4.69) is 20.2 Å². The lowest BCUT2D eigenvalue weighted by Crippen LogP contribution is -2.37. The maximum atomic E-state index is 13.8. The number of morpholine rings is 1. The molecule has 0 amide bonds. The summed E-state index contributed by atoms with van der Waals surface area (Å²) in [6.07, 6.45) is 4.54. The predicted octanol–water partition coefficient (Wildman–Crippen LogP) is 4.21. The first kappa shape index (κ1) is 20.4. The summed E-state index contributed by atoms with van der Waals surface area (Å²) in [5, 5.41) is 3.99. The normalized spacial score (nSPS) is 15.1. The van der Waals surface area contributed by atoms with Gasteiger partial charge in [-0.3, -0.25) is 4.90 Å². The van der Waals surface area contributed by atoms with Crippen molar-refractivity contribution in [2.24, 2.45) is 0 Å². The summed E-state index contributed by atoms with van der Waals surface area (Å²) in [5.74, 6) is 0.520. The maximum absolute atomic E-state index is 13.8. The van der Waals surface area contributed by atoms with Crippen molar-refractivity contribution in [3.8, 4) is 0 Å². The highest BCUT2D eigenvalue weighted by Crippen LogP contribution is 2.22. The Labute approximate surface area is 174 Å². The van der Waals surface area contributed by atoms with Crippen LogP contribution in [-0.4, -0.2) is 54.3 Å². The van der Waals surface area contributed by atoms with Crippen LogP contribution < -0.4 is 5.32 Å². The van der Waals surface area contributed by atoms with Crippen molar-refractivity contribution in [3.05, 3.63) is 65.5 Å². The average molecular weight is 410 g/mol. The van der Waals surface area contributed by atoms with Crippen LogP contribution in [0.25, 0.3) is 23.1 Å². The van der Waals surface area contributed by atoms with Crippen molar-refractivity contribution in [1.82, 2.24) is 14.9 Å². The number of rotatable bonds is 7. The first-order valence-corrected chi connectivity index (χ1v) is 10.1. The van der Waals surface area contributed by atoms with Crippen LogP contribution in [0.15, 0.2) is 42.5 Å². The Balaban J connectivity index is 1.49. The molecule has 30 heavy (non-hydrogen) atoms. The molecule has 3 aromatic rings. The van der Waals surface area contributed by atoms with E-state index in [0.29, 0.717) is 22.5 Å². The average Bonchev–Trinajstić information content (AvgIpc) is 2.77. The van der Waals surface area contributed by atoms with E-state index >= 15 is 0 Å². The number of halogens is 2. The molecule has 1 aliphatic heterocycles. The molecule has 1 aliphatic rings. The van der Waals surface area contributed by atoms with Crippen LogP contribution >= 0.6 is 0 Å². The van der Waals surface area contributed by atoms with Crippen molar-refractivity contribution >= 4 is 28.9 Å². The minimum absolute atomic E-state index is 0.278. The summed E-state index contributed by atoms with van der Waals surface area (Å²) < 4.78 is 32.3. The van der Waals surface area contributed by atoms with E-state index in [1.165, 1.54) is 24.3 Å². The summed E-state index contributed by atoms with van der Waals surface area (Å²) in [6, 6.07) is 10.7. The van der Waals surface area contributed by atoms with E-state index in [-0.39, 0.29) is 11.6 Å². The lowest BCUT2D eigenvalue weighted by molar-refractivity contribution is 0.0378. The van der Waals surface area contributed by atoms with Gasteiger partial charge in [0.05, 0.1) is 18.7 Å². The second-order valence-electron chi connectivity index (χ2n) is 7.21. The van der Waals surface area contributed by atoms with Crippen LogP contribution in [0.1, 0.15) is 17.8 Å². The highest BCUT2D eigenvalue weighted by molar-refractivity contribution is 5.90. The van der Waals surface area contributed by atoms with E-state index in [1.807, 2.05) is 6.08 Å². The molecule has 1 fully saturated rings. The van der Waals surface area contributed by atoms with Crippen molar-refractivity contribution < 1.29 is 13.5 Å². The second-order valence-corrected chi connectivity index (χ2v) is 7.21.